The Morgan fingerprint density at radius 2 is 1.95 bits per heavy atom. The van der Waals surface area contributed by atoms with Crippen LogP contribution in [0.2, 0.25) is 0 Å². The van der Waals surface area contributed by atoms with Crippen LogP contribution in [0.3, 0.4) is 0 Å². The minimum Gasteiger partial charge on any atom is -0.495 e. The molecule has 0 aliphatic rings. The fourth-order valence-electron chi connectivity index (χ4n) is 2.02. The lowest BCUT2D eigenvalue weighted by Gasteiger charge is -2.13. The quantitative estimate of drug-likeness (QED) is 0.807. The third-order valence-electron chi connectivity index (χ3n) is 2.91. The van der Waals surface area contributed by atoms with Crippen molar-refractivity contribution in [2.75, 3.05) is 12.4 Å². The molecule has 0 aliphatic carbocycles. The largest absolute Gasteiger partial charge is 0.495 e. The Morgan fingerprint density at radius 1 is 1.14 bits per heavy atom. The van der Waals surface area contributed by atoms with E-state index in [9.17, 15) is 0 Å². The fourth-order valence-corrected chi connectivity index (χ4v) is 2.38. The van der Waals surface area contributed by atoms with Crippen molar-refractivity contribution >= 4 is 21.6 Å². The van der Waals surface area contributed by atoms with Crippen LogP contribution in [0.25, 0.3) is 0 Å². The molecule has 1 N–H and O–H groups in total. The van der Waals surface area contributed by atoms with Crippen LogP contribution < -0.4 is 14.8 Å². The molecule has 0 aliphatic heterocycles. The lowest BCUT2D eigenvalue weighted by atomic mass is 10.2. The van der Waals surface area contributed by atoms with Crippen molar-refractivity contribution in [2.24, 2.45) is 0 Å². The summed E-state index contributed by atoms with van der Waals surface area (Å²) in [7, 11) is 1.67. The van der Waals surface area contributed by atoms with E-state index in [1.165, 1.54) is 0 Å². The molecule has 2 aromatic rings. The highest BCUT2D eigenvalue weighted by atomic mass is 79.9. The molecule has 4 heteroatoms. The third-order valence-corrected chi connectivity index (χ3v) is 3.41. The van der Waals surface area contributed by atoms with E-state index < -0.39 is 0 Å². The minimum absolute atomic E-state index is 0.179. The van der Waals surface area contributed by atoms with Gasteiger partial charge in [-0.3, -0.25) is 0 Å². The van der Waals surface area contributed by atoms with Crippen molar-refractivity contribution in [1.82, 2.24) is 0 Å². The van der Waals surface area contributed by atoms with Gasteiger partial charge < -0.3 is 14.8 Å². The summed E-state index contributed by atoms with van der Waals surface area (Å²) in [5.41, 5.74) is 2.12. The van der Waals surface area contributed by atoms with Crippen LogP contribution in [0, 0.1) is 0 Å². The van der Waals surface area contributed by atoms with Crippen LogP contribution in [-0.4, -0.2) is 13.2 Å². The van der Waals surface area contributed by atoms with Gasteiger partial charge in [0.2, 0.25) is 0 Å². The molecule has 0 radical (unpaired) electrons. The summed E-state index contributed by atoms with van der Waals surface area (Å²) in [6.07, 6.45) is 0.179. The molecule has 112 valence electrons. The monoisotopic (exact) mass is 349 g/mol. The van der Waals surface area contributed by atoms with Gasteiger partial charge in [-0.05, 0) is 49.7 Å². The molecular weight excluding hydrogens is 330 g/mol. The summed E-state index contributed by atoms with van der Waals surface area (Å²) in [6.45, 7) is 4.76. The number of anilines is 1. The summed E-state index contributed by atoms with van der Waals surface area (Å²) in [6, 6.07) is 14.0. The highest BCUT2D eigenvalue weighted by Gasteiger charge is 2.04. The average molecular weight is 350 g/mol. The van der Waals surface area contributed by atoms with Crippen LogP contribution in [-0.2, 0) is 6.54 Å². The Labute approximate surface area is 134 Å². The maximum Gasteiger partial charge on any atom is 0.142 e. The molecule has 0 fully saturated rings. The van der Waals surface area contributed by atoms with E-state index in [1.54, 1.807) is 7.11 Å². The summed E-state index contributed by atoms with van der Waals surface area (Å²) < 4.78 is 12.1. The van der Waals surface area contributed by atoms with E-state index in [0.29, 0.717) is 6.54 Å². The van der Waals surface area contributed by atoms with Gasteiger partial charge in [-0.15, -0.1) is 0 Å². The van der Waals surface area contributed by atoms with Crippen LogP contribution in [0.1, 0.15) is 19.4 Å². The van der Waals surface area contributed by atoms with E-state index in [2.05, 4.69) is 33.4 Å². The zero-order chi connectivity index (χ0) is 15.2. The molecule has 21 heavy (non-hydrogen) atoms. The second-order valence-corrected chi connectivity index (χ2v) is 5.93. The number of hydrogen-bond acceptors (Lipinski definition) is 3. The number of hydrogen-bond donors (Lipinski definition) is 1. The van der Waals surface area contributed by atoms with E-state index in [-0.39, 0.29) is 6.10 Å². The molecule has 0 atom stereocenters. The summed E-state index contributed by atoms with van der Waals surface area (Å²) in [4.78, 5) is 0. The van der Waals surface area contributed by atoms with E-state index in [0.717, 1.165) is 27.2 Å². The number of benzene rings is 2. The summed E-state index contributed by atoms with van der Waals surface area (Å²) >= 11 is 3.47. The predicted octanol–water partition coefficient (Wildman–Crippen LogP) is 4.86. The van der Waals surface area contributed by atoms with Gasteiger partial charge in [0.15, 0.2) is 0 Å². The van der Waals surface area contributed by atoms with Crippen molar-refractivity contribution in [2.45, 2.75) is 26.5 Å². The third kappa shape index (κ3) is 4.67. The smallest absolute Gasteiger partial charge is 0.142 e. The summed E-state index contributed by atoms with van der Waals surface area (Å²) in [5, 5.41) is 3.39. The van der Waals surface area contributed by atoms with Crippen molar-refractivity contribution < 1.29 is 9.47 Å². The highest BCUT2D eigenvalue weighted by Crippen LogP contribution is 2.28. The number of ether oxygens (including phenoxy) is 2. The first kappa shape index (κ1) is 15.7. The molecule has 0 spiro atoms. The zero-order valence-corrected chi connectivity index (χ0v) is 14.1. The number of nitrogens with one attached hydrogen (secondary N) is 1. The van der Waals surface area contributed by atoms with Crippen molar-refractivity contribution in [3.05, 3.63) is 52.5 Å². The van der Waals surface area contributed by atoms with Crippen LogP contribution in [0.5, 0.6) is 11.5 Å². The molecule has 0 unspecified atom stereocenters. The van der Waals surface area contributed by atoms with Gasteiger partial charge in [0, 0.05) is 11.0 Å². The van der Waals surface area contributed by atoms with Gasteiger partial charge in [-0.1, -0.05) is 28.1 Å². The number of rotatable bonds is 6. The molecule has 2 aromatic carbocycles. The van der Waals surface area contributed by atoms with Gasteiger partial charge in [0.05, 0.1) is 18.9 Å². The summed E-state index contributed by atoms with van der Waals surface area (Å²) in [5.74, 6) is 1.72. The van der Waals surface area contributed by atoms with Gasteiger partial charge in [0.1, 0.15) is 11.5 Å². The molecule has 0 heterocycles. The lowest BCUT2D eigenvalue weighted by molar-refractivity contribution is 0.242. The molecule has 2 rings (SSSR count). The fraction of sp³-hybridized carbons (Fsp3) is 0.294. The molecule has 3 nitrogen and oxygen atoms in total. The molecule has 0 bridgehead atoms. The first-order valence-electron chi connectivity index (χ1n) is 6.91. The van der Waals surface area contributed by atoms with Crippen LogP contribution in [0.4, 0.5) is 5.69 Å². The Balaban J connectivity index is 2.07. The number of halogens is 1. The second-order valence-electron chi connectivity index (χ2n) is 5.01. The van der Waals surface area contributed by atoms with E-state index in [1.807, 2.05) is 44.2 Å². The Hall–Kier alpha value is -1.68. The minimum atomic E-state index is 0.179. The Morgan fingerprint density at radius 3 is 2.67 bits per heavy atom. The van der Waals surface area contributed by atoms with Crippen LogP contribution >= 0.6 is 15.9 Å². The van der Waals surface area contributed by atoms with Gasteiger partial charge in [0.25, 0.3) is 0 Å². The Bertz CT molecular complexity index is 599. The SMILES string of the molecule is COc1ccc(Br)cc1NCc1cccc(OC(C)C)c1. The standard InChI is InChI=1S/C17H20BrNO2/c1-12(2)21-15-6-4-5-13(9-15)11-19-16-10-14(18)7-8-17(16)20-3/h4-10,12,19H,11H2,1-3H3. The van der Waals surface area contributed by atoms with Crippen LogP contribution in [0.15, 0.2) is 46.9 Å². The molecule has 0 amide bonds. The first-order chi connectivity index (χ1) is 10.1. The topological polar surface area (TPSA) is 30.5 Å². The molecule has 0 saturated carbocycles. The Kier molecular flexibility index (Phi) is 5.51. The van der Waals surface area contributed by atoms with Gasteiger partial charge >= 0.3 is 0 Å². The van der Waals surface area contributed by atoms with Crippen molar-refractivity contribution in [3.63, 3.8) is 0 Å². The van der Waals surface area contributed by atoms with E-state index >= 15 is 0 Å². The molecule has 0 aromatic heterocycles. The normalized spacial score (nSPS) is 10.5. The van der Waals surface area contributed by atoms with Crippen molar-refractivity contribution in [1.29, 1.82) is 0 Å². The predicted molar refractivity (Wildman–Crippen MR) is 90.2 cm³/mol. The van der Waals surface area contributed by atoms with Gasteiger partial charge in [-0.25, -0.2) is 0 Å². The van der Waals surface area contributed by atoms with Crippen molar-refractivity contribution in [3.8, 4) is 11.5 Å². The first-order valence-corrected chi connectivity index (χ1v) is 7.71. The lowest BCUT2D eigenvalue weighted by Crippen LogP contribution is -2.06. The van der Waals surface area contributed by atoms with Gasteiger partial charge in [-0.2, -0.15) is 0 Å². The second kappa shape index (κ2) is 7.36. The highest BCUT2D eigenvalue weighted by molar-refractivity contribution is 9.10. The molecule has 0 saturated heterocycles. The molecular formula is C17H20BrNO2. The maximum atomic E-state index is 5.71. The average Bonchev–Trinajstić information content (AvgIpc) is 2.45. The number of methoxy groups -OCH3 is 1. The zero-order valence-electron chi connectivity index (χ0n) is 12.5. The maximum absolute atomic E-state index is 5.71. The van der Waals surface area contributed by atoms with E-state index in [4.69, 9.17) is 9.47 Å².